The number of carbonyl (C=O) groups excluding carboxylic acids is 1. The molecule has 0 aliphatic carbocycles. The minimum absolute atomic E-state index is 0.0945. The van der Waals surface area contributed by atoms with Gasteiger partial charge in [-0.2, -0.15) is 15.2 Å². The molecule has 0 spiro atoms. The molecule has 1 aliphatic heterocycles. The summed E-state index contributed by atoms with van der Waals surface area (Å²) in [6.07, 6.45) is 1.54. The Morgan fingerprint density at radius 3 is 2.70 bits per heavy atom. The minimum Gasteiger partial charge on any atom is -0.359 e. The van der Waals surface area contributed by atoms with Crippen LogP contribution in [0.25, 0.3) is 11.4 Å². The first-order valence-corrected chi connectivity index (χ1v) is 16.0. The molecule has 1 atom stereocenters. The molecule has 4 rings (SSSR count). The number of carbonyl (C=O) groups is 1. The molecule has 1 saturated heterocycles. The summed E-state index contributed by atoms with van der Waals surface area (Å²) in [6.45, 7) is 7.89. The Hall–Kier alpha value is -3.12. The summed E-state index contributed by atoms with van der Waals surface area (Å²) in [6, 6.07) is 6.04. The molecular weight excluding hydrogens is 501 g/mol. The smallest absolute Gasteiger partial charge is 0.264 e. The van der Waals surface area contributed by atoms with Gasteiger partial charge in [-0.3, -0.25) is 9.69 Å². The lowest BCUT2D eigenvalue weighted by atomic mass is 9.88. The van der Waals surface area contributed by atoms with Crippen LogP contribution in [0.1, 0.15) is 30.4 Å². The van der Waals surface area contributed by atoms with E-state index >= 15 is 0 Å². The number of benzene rings is 1. The van der Waals surface area contributed by atoms with Crippen LogP contribution >= 0.6 is 0 Å². The van der Waals surface area contributed by atoms with Crippen molar-refractivity contribution in [3.05, 3.63) is 53.6 Å². The largest absolute Gasteiger partial charge is 0.359 e. The molecule has 12 heteroatoms. The Morgan fingerprint density at radius 2 is 2.00 bits per heavy atom. The molecule has 198 valence electrons. The number of anilines is 1. The SMILES string of the molecule is C[Si](C)(C)CCOCn1nc(-c2ccnnc2)nc1N1CCCC(Cc2ccc(F)cc2C(F)F)C1=O. The highest BCUT2D eigenvalue weighted by Gasteiger charge is 2.34. The zero-order valence-corrected chi connectivity index (χ0v) is 22.2. The van der Waals surface area contributed by atoms with Crippen LogP contribution < -0.4 is 4.90 Å². The van der Waals surface area contributed by atoms with Crippen molar-refractivity contribution in [2.24, 2.45) is 5.92 Å². The fraction of sp³-hybridized carbons (Fsp3) is 0.480. The van der Waals surface area contributed by atoms with Crippen molar-refractivity contribution in [1.82, 2.24) is 25.0 Å². The minimum atomic E-state index is -2.83. The first-order chi connectivity index (χ1) is 17.6. The molecule has 0 bridgehead atoms. The predicted molar refractivity (Wildman–Crippen MR) is 135 cm³/mol. The van der Waals surface area contributed by atoms with E-state index in [4.69, 9.17) is 4.74 Å². The normalized spacial score (nSPS) is 16.6. The molecule has 1 unspecified atom stereocenters. The number of halogens is 3. The number of hydrogen-bond donors (Lipinski definition) is 0. The second kappa shape index (κ2) is 11.5. The summed E-state index contributed by atoms with van der Waals surface area (Å²) in [5.74, 6) is -0.780. The van der Waals surface area contributed by atoms with Crippen LogP contribution in [0.2, 0.25) is 25.7 Å². The molecule has 37 heavy (non-hydrogen) atoms. The van der Waals surface area contributed by atoms with E-state index in [1.807, 2.05) is 0 Å². The Bertz CT molecular complexity index is 1220. The van der Waals surface area contributed by atoms with Gasteiger partial charge < -0.3 is 4.74 Å². The Labute approximate surface area is 214 Å². The molecule has 1 fully saturated rings. The van der Waals surface area contributed by atoms with E-state index in [2.05, 4.69) is 39.9 Å². The first kappa shape index (κ1) is 26.9. The van der Waals surface area contributed by atoms with Gasteiger partial charge in [0.1, 0.15) is 12.5 Å². The highest BCUT2D eigenvalue weighted by molar-refractivity contribution is 6.76. The summed E-state index contributed by atoms with van der Waals surface area (Å²) in [5, 5.41) is 12.2. The highest BCUT2D eigenvalue weighted by atomic mass is 28.3. The number of nitrogens with zero attached hydrogens (tertiary/aromatic N) is 6. The van der Waals surface area contributed by atoms with Gasteiger partial charge in [-0.15, -0.1) is 5.10 Å². The van der Waals surface area contributed by atoms with Crippen LogP contribution in [-0.2, 0) is 22.7 Å². The second-order valence-corrected chi connectivity index (χ2v) is 16.0. The predicted octanol–water partition coefficient (Wildman–Crippen LogP) is 5.11. The van der Waals surface area contributed by atoms with Crippen LogP contribution in [0.15, 0.2) is 36.7 Å². The molecule has 3 aromatic rings. The van der Waals surface area contributed by atoms with Crippen molar-refractivity contribution < 1.29 is 22.7 Å². The van der Waals surface area contributed by atoms with Crippen LogP contribution in [0, 0.1) is 11.7 Å². The summed E-state index contributed by atoms with van der Waals surface area (Å²) >= 11 is 0. The van der Waals surface area contributed by atoms with Gasteiger partial charge in [-0.25, -0.2) is 17.9 Å². The zero-order chi connectivity index (χ0) is 26.6. The number of rotatable bonds is 10. The summed E-state index contributed by atoms with van der Waals surface area (Å²) in [5.41, 5.74) is 0.540. The maximum atomic E-state index is 13.6. The standard InChI is InChI=1S/C25H31F3N6O2Si/c1-37(2,3)12-11-36-16-34-25(31-23(32-34)19-8-9-29-30-15-19)33-10-4-5-18(24(33)35)13-17-6-7-20(26)14-21(17)22(27)28/h6-9,14-15,18,22H,4-5,10-13,16H2,1-3H3. The van der Waals surface area contributed by atoms with Crippen LogP contribution in [-0.4, -0.2) is 52.1 Å². The van der Waals surface area contributed by atoms with E-state index in [0.717, 1.165) is 18.2 Å². The molecule has 0 radical (unpaired) electrons. The van der Waals surface area contributed by atoms with Gasteiger partial charge in [0.15, 0.2) is 5.82 Å². The molecule has 8 nitrogen and oxygen atoms in total. The molecule has 0 N–H and O–H groups in total. The Morgan fingerprint density at radius 1 is 1.19 bits per heavy atom. The monoisotopic (exact) mass is 532 g/mol. The fourth-order valence-electron chi connectivity index (χ4n) is 4.25. The van der Waals surface area contributed by atoms with Gasteiger partial charge in [-0.05, 0) is 49.1 Å². The van der Waals surface area contributed by atoms with Gasteiger partial charge in [0, 0.05) is 38.3 Å². The number of alkyl halides is 2. The summed E-state index contributed by atoms with van der Waals surface area (Å²) < 4.78 is 48.1. The van der Waals surface area contributed by atoms with Crippen LogP contribution in [0.5, 0.6) is 0 Å². The van der Waals surface area contributed by atoms with E-state index in [-0.39, 0.29) is 30.2 Å². The van der Waals surface area contributed by atoms with E-state index < -0.39 is 26.2 Å². The third-order valence-electron chi connectivity index (χ3n) is 6.30. The zero-order valence-electron chi connectivity index (χ0n) is 21.2. The van der Waals surface area contributed by atoms with Gasteiger partial charge in [-0.1, -0.05) is 25.7 Å². The molecule has 3 heterocycles. The van der Waals surface area contributed by atoms with Crippen molar-refractivity contribution in [3.63, 3.8) is 0 Å². The highest BCUT2D eigenvalue weighted by Crippen LogP contribution is 2.31. The fourth-order valence-corrected chi connectivity index (χ4v) is 5.01. The third-order valence-corrected chi connectivity index (χ3v) is 8.01. The van der Waals surface area contributed by atoms with Crippen molar-refractivity contribution >= 4 is 19.9 Å². The van der Waals surface area contributed by atoms with Crippen molar-refractivity contribution in [1.29, 1.82) is 0 Å². The summed E-state index contributed by atoms with van der Waals surface area (Å²) in [7, 11) is -1.29. The van der Waals surface area contributed by atoms with Gasteiger partial charge >= 0.3 is 0 Å². The number of aromatic nitrogens is 5. The Kier molecular flexibility index (Phi) is 8.38. The van der Waals surface area contributed by atoms with Crippen LogP contribution in [0.3, 0.4) is 0 Å². The maximum absolute atomic E-state index is 13.6. The van der Waals surface area contributed by atoms with E-state index in [0.29, 0.717) is 43.3 Å². The van der Waals surface area contributed by atoms with E-state index in [1.165, 1.54) is 18.5 Å². The van der Waals surface area contributed by atoms with Crippen molar-refractivity contribution in [3.8, 4) is 11.4 Å². The van der Waals surface area contributed by atoms with Gasteiger partial charge in [0.05, 0.1) is 12.4 Å². The molecule has 2 aromatic heterocycles. The topological polar surface area (TPSA) is 86.0 Å². The van der Waals surface area contributed by atoms with E-state index in [1.54, 1.807) is 15.6 Å². The molecule has 1 aromatic carbocycles. The van der Waals surface area contributed by atoms with Crippen molar-refractivity contribution in [2.45, 2.75) is 58.1 Å². The van der Waals surface area contributed by atoms with Gasteiger partial charge in [0.2, 0.25) is 11.9 Å². The number of hydrogen-bond acceptors (Lipinski definition) is 6. The molecule has 1 amide bonds. The van der Waals surface area contributed by atoms with Gasteiger partial charge in [0.25, 0.3) is 6.43 Å². The quantitative estimate of drug-likeness (QED) is 0.266. The summed E-state index contributed by atoms with van der Waals surface area (Å²) in [4.78, 5) is 19.7. The maximum Gasteiger partial charge on any atom is 0.264 e. The average molecular weight is 533 g/mol. The molecule has 1 aliphatic rings. The first-order valence-electron chi connectivity index (χ1n) is 12.3. The average Bonchev–Trinajstić information content (AvgIpc) is 3.28. The lowest BCUT2D eigenvalue weighted by Crippen LogP contribution is -2.43. The molecular formula is C25H31F3N6O2Si. The number of amides is 1. The van der Waals surface area contributed by atoms with Crippen molar-refractivity contribution in [2.75, 3.05) is 18.1 Å². The van der Waals surface area contributed by atoms with Crippen LogP contribution in [0.4, 0.5) is 19.1 Å². The van der Waals surface area contributed by atoms with E-state index in [9.17, 15) is 18.0 Å². The Balaban J connectivity index is 1.58. The number of ether oxygens (including phenoxy) is 1. The third kappa shape index (κ3) is 6.80. The lowest BCUT2D eigenvalue weighted by Gasteiger charge is -2.31. The second-order valence-electron chi connectivity index (χ2n) is 10.4. The molecule has 0 saturated carbocycles. The lowest BCUT2D eigenvalue weighted by molar-refractivity contribution is -0.123. The number of piperidine rings is 1.